The van der Waals surface area contributed by atoms with Gasteiger partial charge in [0.15, 0.2) is 5.67 Å². The molecular weight excluding hydrogens is 539 g/mol. The molecule has 0 radical (unpaired) electrons. The van der Waals surface area contributed by atoms with E-state index in [0.29, 0.717) is 5.06 Å². The first-order chi connectivity index (χ1) is 20.3. The number of benzene rings is 4. The predicted molar refractivity (Wildman–Crippen MR) is 148 cm³/mol. The Morgan fingerprint density at radius 3 is 1.79 bits per heavy atom. The van der Waals surface area contributed by atoms with Crippen LogP contribution < -0.4 is 0 Å². The van der Waals surface area contributed by atoms with E-state index in [9.17, 15) is 19.2 Å². The van der Waals surface area contributed by atoms with Crippen LogP contribution in [0.15, 0.2) is 97.1 Å². The molecule has 8 nitrogen and oxygen atoms in total. The smallest absolute Gasteiger partial charge is 0.410 e. The van der Waals surface area contributed by atoms with Gasteiger partial charge in [-0.1, -0.05) is 77.9 Å². The van der Waals surface area contributed by atoms with E-state index in [-0.39, 0.29) is 47.9 Å². The van der Waals surface area contributed by atoms with E-state index >= 15 is 4.39 Å². The Balaban J connectivity index is 0.960. The van der Waals surface area contributed by atoms with Crippen LogP contribution in [0, 0.1) is 0 Å². The molecule has 0 saturated carbocycles. The van der Waals surface area contributed by atoms with Crippen molar-refractivity contribution in [1.29, 1.82) is 0 Å². The Kier molecular flexibility index (Phi) is 5.90. The largest absolute Gasteiger partial charge is 0.448 e. The van der Waals surface area contributed by atoms with E-state index in [4.69, 9.17) is 9.57 Å². The van der Waals surface area contributed by atoms with Crippen molar-refractivity contribution in [3.05, 3.63) is 130 Å². The van der Waals surface area contributed by atoms with Gasteiger partial charge in [0.05, 0.1) is 29.8 Å². The molecule has 4 aromatic carbocycles. The third-order valence-electron chi connectivity index (χ3n) is 8.05. The van der Waals surface area contributed by atoms with Crippen molar-refractivity contribution in [2.24, 2.45) is 0 Å². The SMILES string of the molecule is O=C(ON1C(=O)c2ccccc2C1=O)c1ccc(C2(F)CN(C(=O)OCC3c4ccccc4-c4ccccc43)C2)cc1. The summed E-state index contributed by atoms with van der Waals surface area (Å²) in [5.41, 5.74) is 3.24. The lowest BCUT2D eigenvalue weighted by atomic mass is 9.88. The minimum atomic E-state index is -1.81. The fourth-order valence-electron chi connectivity index (χ4n) is 5.85. The molecule has 0 bridgehead atoms. The van der Waals surface area contributed by atoms with Gasteiger partial charge in [0.1, 0.15) is 6.61 Å². The van der Waals surface area contributed by atoms with E-state index in [1.165, 1.54) is 41.3 Å². The van der Waals surface area contributed by atoms with E-state index < -0.39 is 29.5 Å². The lowest BCUT2D eigenvalue weighted by Crippen LogP contribution is -2.59. The molecule has 3 amide bonds. The van der Waals surface area contributed by atoms with Crippen LogP contribution in [-0.4, -0.2) is 53.5 Å². The Labute approximate surface area is 239 Å². The van der Waals surface area contributed by atoms with Crippen LogP contribution in [0.4, 0.5) is 9.18 Å². The summed E-state index contributed by atoms with van der Waals surface area (Å²) in [5, 5.41) is 0.426. The third kappa shape index (κ3) is 4.04. The van der Waals surface area contributed by atoms with E-state index in [1.807, 2.05) is 36.4 Å². The van der Waals surface area contributed by atoms with Crippen LogP contribution in [0.2, 0.25) is 0 Å². The van der Waals surface area contributed by atoms with Gasteiger partial charge < -0.3 is 14.5 Å². The summed E-state index contributed by atoms with van der Waals surface area (Å²) in [4.78, 5) is 56.7. The van der Waals surface area contributed by atoms with Crippen LogP contribution >= 0.6 is 0 Å². The van der Waals surface area contributed by atoms with Crippen molar-refractivity contribution in [2.75, 3.05) is 19.7 Å². The standard InChI is InChI=1S/C33H23FN2O6/c34-33(21-15-13-20(14-16-21)31(39)42-36-29(37)26-11-5-6-12-27(26)30(36)38)18-35(19-33)32(40)41-17-28-24-9-3-1-7-22(24)23-8-2-4-10-25(23)28/h1-16,28H,17-19H2. The van der Waals surface area contributed by atoms with Gasteiger partial charge >= 0.3 is 12.1 Å². The highest BCUT2D eigenvalue weighted by molar-refractivity contribution is 6.21. The van der Waals surface area contributed by atoms with Gasteiger partial charge in [-0.3, -0.25) is 9.59 Å². The molecule has 0 unspecified atom stereocenters. The average Bonchev–Trinajstić information content (AvgIpc) is 3.45. The fraction of sp³-hybridized carbons (Fsp3) is 0.152. The van der Waals surface area contributed by atoms with Crippen molar-refractivity contribution < 1.29 is 33.1 Å². The zero-order valence-corrected chi connectivity index (χ0v) is 22.2. The summed E-state index contributed by atoms with van der Waals surface area (Å²) in [7, 11) is 0. The van der Waals surface area contributed by atoms with Crippen molar-refractivity contribution >= 4 is 23.9 Å². The lowest BCUT2D eigenvalue weighted by molar-refractivity contribution is -0.0584. The molecule has 2 aliphatic heterocycles. The Bertz CT molecular complexity index is 1700. The van der Waals surface area contributed by atoms with Crippen LogP contribution in [0.3, 0.4) is 0 Å². The van der Waals surface area contributed by atoms with Gasteiger partial charge in [-0.2, -0.15) is 0 Å². The molecule has 0 N–H and O–H groups in total. The van der Waals surface area contributed by atoms with E-state index in [1.54, 1.807) is 12.1 Å². The van der Waals surface area contributed by atoms with Crippen molar-refractivity contribution in [3.63, 3.8) is 0 Å². The summed E-state index contributed by atoms with van der Waals surface area (Å²) in [6.45, 7) is -0.239. The minimum Gasteiger partial charge on any atom is -0.448 e. The summed E-state index contributed by atoms with van der Waals surface area (Å²) >= 11 is 0. The summed E-state index contributed by atoms with van der Waals surface area (Å²) in [6, 6.07) is 27.8. The predicted octanol–water partition coefficient (Wildman–Crippen LogP) is 5.48. The molecule has 9 heteroatoms. The van der Waals surface area contributed by atoms with Crippen LogP contribution in [-0.2, 0) is 15.2 Å². The first-order valence-corrected chi connectivity index (χ1v) is 13.4. The highest BCUT2D eigenvalue weighted by atomic mass is 19.1. The van der Waals surface area contributed by atoms with Gasteiger partial charge in [0.2, 0.25) is 0 Å². The van der Waals surface area contributed by atoms with Gasteiger partial charge in [-0.15, -0.1) is 0 Å². The second-order valence-electron chi connectivity index (χ2n) is 10.5. The van der Waals surface area contributed by atoms with E-state index in [0.717, 1.165) is 22.3 Å². The number of carbonyl (C=O) groups excluding carboxylic acids is 4. The quantitative estimate of drug-likeness (QED) is 0.299. The minimum absolute atomic E-state index is 0.0339. The number of rotatable bonds is 5. The molecule has 0 atom stereocenters. The molecule has 1 fully saturated rings. The Morgan fingerprint density at radius 1 is 0.738 bits per heavy atom. The Hall–Kier alpha value is -5.31. The molecule has 4 aromatic rings. The molecule has 42 heavy (non-hydrogen) atoms. The molecule has 208 valence electrons. The molecular formula is C33H23FN2O6. The van der Waals surface area contributed by atoms with Gasteiger partial charge in [-0.05, 0) is 52.1 Å². The number of likely N-dealkylation sites (tertiary alicyclic amines) is 1. The maximum atomic E-state index is 15.6. The molecule has 1 aliphatic carbocycles. The third-order valence-corrected chi connectivity index (χ3v) is 8.05. The van der Waals surface area contributed by atoms with Gasteiger partial charge in [0, 0.05) is 5.92 Å². The maximum Gasteiger partial charge on any atom is 0.410 e. The topological polar surface area (TPSA) is 93.2 Å². The fourth-order valence-corrected chi connectivity index (χ4v) is 5.85. The second-order valence-corrected chi connectivity index (χ2v) is 10.5. The maximum absolute atomic E-state index is 15.6. The molecule has 0 aromatic heterocycles. The Morgan fingerprint density at radius 2 is 1.24 bits per heavy atom. The monoisotopic (exact) mass is 562 g/mol. The molecule has 2 heterocycles. The van der Waals surface area contributed by atoms with Crippen molar-refractivity contribution in [2.45, 2.75) is 11.6 Å². The number of carbonyl (C=O) groups is 4. The van der Waals surface area contributed by atoms with E-state index in [2.05, 4.69) is 12.1 Å². The number of hydrogen-bond donors (Lipinski definition) is 0. The number of alkyl halides is 1. The first-order valence-electron chi connectivity index (χ1n) is 13.4. The van der Waals surface area contributed by atoms with Crippen LogP contribution in [0.5, 0.6) is 0 Å². The van der Waals surface area contributed by atoms with Crippen molar-refractivity contribution in [1.82, 2.24) is 9.96 Å². The number of hydroxylamine groups is 2. The molecule has 7 rings (SSSR count). The number of hydrogen-bond acceptors (Lipinski definition) is 6. The summed E-state index contributed by atoms with van der Waals surface area (Å²) in [6.07, 6.45) is -0.591. The zero-order valence-electron chi connectivity index (χ0n) is 22.2. The summed E-state index contributed by atoms with van der Waals surface area (Å²) in [5.74, 6) is -2.49. The van der Waals surface area contributed by atoms with Crippen LogP contribution in [0.1, 0.15) is 53.7 Å². The second kappa shape index (κ2) is 9.66. The molecule has 3 aliphatic rings. The molecule has 0 spiro atoms. The lowest BCUT2D eigenvalue weighted by Gasteiger charge is -2.43. The zero-order chi connectivity index (χ0) is 29.0. The highest BCUT2D eigenvalue weighted by Crippen LogP contribution is 2.45. The number of ether oxygens (including phenoxy) is 1. The number of nitrogens with zero attached hydrogens (tertiary/aromatic N) is 2. The highest BCUT2D eigenvalue weighted by Gasteiger charge is 2.48. The number of amides is 3. The normalized spacial score (nSPS) is 16.4. The van der Waals surface area contributed by atoms with Crippen molar-refractivity contribution in [3.8, 4) is 11.1 Å². The number of halogens is 1. The number of fused-ring (bicyclic) bond motifs is 4. The van der Waals surface area contributed by atoms with Gasteiger partial charge in [-0.25, -0.2) is 14.0 Å². The van der Waals surface area contributed by atoms with Crippen LogP contribution in [0.25, 0.3) is 11.1 Å². The number of imide groups is 1. The molecule has 1 saturated heterocycles. The first kappa shape index (κ1) is 25.6. The summed E-state index contributed by atoms with van der Waals surface area (Å²) < 4.78 is 21.3. The average molecular weight is 563 g/mol. The van der Waals surface area contributed by atoms with Gasteiger partial charge in [0.25, 0.3) is 11.8 Å².